The highest BCUT2D eigenvalue weighted by molar-refractivity contribution is 6.01. The molecule has 1 atom stereocenters. The Morgan fingerprint density at radius 2 is 2.15 bits per heavy atom. The van der Waals surface area contributed by atoms with Gasteiger partial charge in [-0.15, -0.1) is 0 Å². The van der Waals surface area contributed by atoms with Crippen LogP contribution in [0.4, 0.5) is 5.69 Å². The molecule has 1 N–H and O–H groups in total. The number of allylic oxidation sites excluding steroid dienone is 1. The largest absolute Gasteiger partial charge is 0.492 e. The second-order valence-corrected chi connectivity index (χ2v) is 6.96. The number of ether oxygens (including phenoxy) is 1. The quantitative estimate of drug-likeness (QED) is 0.761. The van der Waals surface area contributed by atoms with Gasteiger partial charge in [-0.3, -0.25) is 9.59 Å². The van der Waals surface area contributed by atoms with Crippen molar-refractivity contribution in [3.63, 3.8) is 0 Å². The summed E-state index contributed by atoms with van der Waals surface area (Å²) < 4.78 is 5.62. The van der Waals surface area contributed by atoms with Crippen LogP contribution in [-0.4, -0.2) is 31.5 Å². The summed E-state index contributed by atoms with van der Waals surface area (Å²) in [5.74, 6) is 0.351. The second-order valence-electron chi connectivity index (χ2n) is 6.96. The Hall–Kier alpha value is -2.30. The zero-order valence-electron chi connectivity index (χ0n) is 15.5. The minimum Gasteiger partial charge on any atom is -0.492 e. The molecule has 1 aliphatic heterocycles. The van der Waals surface area contributed by atoms with Crippen molar-refractivity contribution in [2.24, 2.45) is 5.92 Å². The van der Waals surface area contributed by atoms with Crippen molar-refractivity contribution in [3.8, 4) is 5.75 Å². The summed E-state index contributed by atoms with van der Waals surface area (Å²) in [6.07, 6.45) is 8.33. The fourth-order valence-corrected chi connectivity index (χ4v) is 3.70. The molecule has 0 spiro atoms. The number of anilines is 1. The molecule has 0 saturated carbocycles. The Bertz CT molecular complexity index is 684. The fraction of sp³-hybridized carbons (Fsp3) is 0.524. The zero-order chi connectivity index (χ0) is 18.4. The maximum Gasteiger partial charge on any atom is 0.227 e. The topological polar surface area (TPSA) is 58.6 Å². The SMILES string of the molecule is CCOc1ccccc1N1C[C@@H](C(=O)NCCC2=CCCCC2)CC1=O. The first-order chi connectivity index (χ1) is 12.7. The number of hydrogen-bond donors (Lipinski definition) is 1. The number of nitrogens with zero attached hydrogens (tertiary/aromatic N) is 1. The van der Waals surface area contributed by atoms with E-state index < -0.39 is 0 Å². The van der Waals surface area contributed by atoms with E-state index in [-0.39, 0.29) is 24.2 Å². The van der Waals surface area contributed by atoms with Crippen LogP contribution in [0.25, 0.3) is 0 Å². The monoisotopic (exact) mass is 356 g/mol. The average molecular weight is 356 g/mol. The van der Waals surface area contributed by atoms with Crippen LogP contribution in [0.2, 0.25) is 0 Å². The number of carbonyl (C=O) groups is 2. The molecule has 2 aliphatic rings. The van der Waals surface area contributed by atoms with Gasteiger partial charge in [-0.1, -0.05) is 23.8 Å². The van der Waals surface area contributed by atoms with Crippen molar-refractivity contribution in [1.82, 2.24) is 5.32 Å². The van der Waals surface area contributed by atoms with Crippen LogP contribution in [0.1, 0.15) is 45.4 Å². The second kappa shape index (κ2) is 8.88. The number of rotatable bonds is 7. The first-order valence-corrected chi connectivity index (χ1v) is 9.67. The van der Waals surface area contributed by atoms with Gasteiger partial charge in [-0.05, 0) is 51.2 Å². The lowest BCUT2D eigenvalue weighted by atomic mass is 9.97. The van der Waals surface area contributed by atoms with E-state index in [2.05, 4.69) is 11.4 Å². The Kier molecular flexibility index (Phi) is 6.31. The van der Waals surface area contributed by atoms with Crippen molar-refractivity contribution in [2.45, 2.75) is 45.4 Å². The third-order valence-electron chi connectivity index (χ3n) is 5.08. The van der Waals surface area contributed by atoms with Crippen LogP contribution < -0.4 is 15.0 Å². The van der Waals surface area contributed by atoms with Crippen LogP contribution in [0, 0.1) is 5.92 Å². The summed E-state index contributed by atoms with van der Waals surface area (Å²) in [6.45, 7) is 3.53. The number of benzene rings is 1. The molecule has 1 fully saturated rings. The predicted octanol–water partition coefficient (Wildman–Crippen LogP) is 3.44. The van der Waals surface area contributed by atoms with Crippen LogP contribution in [0.15, 0.2) is 35.9 Å². The Balaban J connectivity index is 1.55. The van der Waals surface area contributed by atoms with E-state index >= 15 is 0 Å². The molecule has 5 nitrogen and oxygen atoms in total. The van der Waals surface area contributed by atoms with Gasteiger partial charge in [0.2, 0.25) is 11.8 Å². The molecule has 0 bridgehead atoms. The molecule has 1 heterocycles. The summed E-state index contributed by atoms with van der Waals surface area (Å²) >= 11 is 0. The van der Waals surface area contributed by atoms with E-state index in [1.807, 2.05) is 31.2 Å². The van der Waals surface area contributed by atoms with Gasteiger partial charge in [0.1, 0.15) is 5.75 Å². The van der Waals surface area contributed by atoms with Gasteiger partial charge >= 0.3 is 0 Å². The minimum absolute atomic E-state index is 0.0210. The van der Waals surface area contributed by atoms with Crippen molar-refractivity contribution in [3.05, 3.63) is 35.9 Å². The average Bonchev–Trinajstić information content (AvgIpc) is 3.05. The maximum atomic E-state index is 12.5. The van der Waals surface area contributed by atoms with Crippen LogP contribution >= 0.6 is 0 Å². The molecule has 1 saturated heterocycles. The normalized spacial score (nSPS) is 20.0. The van der Waals surface area contributed by atoms with Crippen molar-refractivity contribution < 1.29 is 14.3 Å². The third kappa shape index (κ3) is 4.45. The first-order valence-electron chi connectivity index (χ1n) is 9.67. The molecular weight excluding hydrogens is 328 g/mol. The van der Waals surface area contributed by atoms with Gasteiger partial charge in [0.15, 0.2) is 0 Å². The molecule has 0 aromatic heterocycles. The molecule has 2 amide bonds. The Morgan fingerprint density at radius 3 is 2.92 bits per heavy atom. The molecule has 1 aromatic rings. The van der Waals surface area contributed by atoms with E-state index in [0.29, 0.717) is 25.4 Å². The highest BCUT2D eigenvalue weighted by Crippen LogP contribution is 2.33. The summed E-state index contributed by atoms with van der Waals surface area (Å²) in [7, 11) is 0. The van der Waals surface area contributed by atoms with Crippen molar-refractivity contribution in [1.29, 1.82) is 0 Å². The number of hydrogen-bond acceptors (Lipinski definition) is 3. The molecule has 1 aliphatic carbocycles. The standard InChI is InChI=1S/C21H28N2O3/c1-2-26-19-11-7-6-10-18(19)23-15-17(14-20(23)24)21(25)22-13-12-16-8-4-3-5-9-16/h6-8,10-11,17H,2-5,9,12-15H2,1H3,(H,22,25)/t17-/m0/s1. The van der Waals surface area contributed by atoms with Crippen LogP contribution in [0.3, 0.4) is 0 Å². The number of para-hydroxylation sites is 2. The Morgan fingerprint density at radius 1 is 1.31 bits per heavy atom. The molecule has 26 heavy (non-hydrogen) atoms. The third-order valence-corrected chi connectivity index (χ3v) is 5.08. The van der Waals surface area contributed by atoms with E-state index in [9.17, 15) is 9.59 Å². The first kappa shape index (κ1) is 18.5. The maximum absolute atomic E-state index is 12.5. The molecule has 0 radical (unpaired) electrons. The summed E-state index contributed by atoms with van der Waals surface area (Å²) in [5, 5.41) is 3.01. The molecule has 3 rings (SSSR count). The highest BCUT2D eigenvalue weighted by atomic mass is 16.5. The van der Waals surface area contributed by atoms with Crippen molar-refractivity contribution in [2.75, 3.05) is 24.6 Å². The number of amides is 2. The molecule has 0 unspecified atom stereocenters. The van der Waals surface area contributed by atoms with Crippen LogP contribution in [0.5, 0.6) is 5.75 Å². The summed E-state index contributed by atoms with van der Waals surface area (Å²) in [4.78, 5) is 26.6. The number of carbonyl (C=O) groups excluding carboxylic acids is 2. The van der Waals surface area contributed by atoms with E-state index in [1.165, 1.54) is 18.4 Å². The lowest BCUT2D eigenvalue weighted by molar-refractivity contribution is -0.126. The Labute approximate surface area is 155 Å². The zero-order valence-corrected chi connectivity index (χ0v) is 15.5. The fourth-order valence-electron chi connectivity index (χ4n) is 3.70. The minimum atomic E-state index is -0.294. The van der Waals surface area contributed by atoms with Gasteiger partial charge in [0, 0.05) is 19.5 Å². The van der Waals surface area contributed by atoms with E-state index in [1.54, 1.807) is 4.90 Å². The van der Waals surface area contributed by atoms with Gasteiger partial charge in [-0.25, -0.2) is 0 Å². The van der Waals surface area contributed by atoms with E-state index in [0.717, 1.165) is 24.9 Å². The smallest absolute Gasteiger partial charge is 0.227 e. The van der Waals surface area contributed by atoms with Gasteiger partial charge < -0.3 is 15.0 Å². The van der Waals surface area contributed by atoms with Gasteiger partial charge in [0.25, 0.3) is 0 Å². The lowest BCUT2D eigenvalue weighted by Gasteiger charge is -2.20. The highest BCUT2D eigenvalue weighted by Gasteiger charge is 2.36. The van der Waals surface area contributed by atoms with Gasteiger partial charge in [-0.2, -0.15) is 0 Å². The van der Waals surface area contributed by atoms with Crippen molar-refractivity contribution >= 4 is 17.5 Å². The number of nitrogens with one attached hydrogen (secondary N) is 1. The van der Waals surface area contributed by atoms with Crippen LogP contribution in [-0.2, 0) is 9.59 Å². The van der Waals surface area contributed by atoms with E-state index in [4.69, 9.17) is 4.74 Å². The summed E-state index contributed by atoms with van der Waals surface area (Å²) in [5.41, 5.74) is 2.20. The lowest BCUT2D eigenvalue weighted by Crippen LogP contribution is -2.33. The molecular formula is C21H28N2O3. The predicted molar refractivity (Wildman–Crippen MR) is 102 cm³/mol. The molecule has 5 heteroatoms. The van der Waals surface area contributed by atoms with Gasteiger partial charge in [0.05, 0.1) is 18.2 Å². The summed E-state index contributed by atoms with van der Waals surface area (Å²) in [6, 6.07) is 7.51. The molecule has 140 valence electrons. The molecule has 1 aromatic carbocycles.